The molecule has 3 aromatic carbocycles. The van der Waals surface area contributed by atoms with Crippen LogP contribution in [0.2, 0.25) is 0 Å². The molecule has 32 heavy (non-hydrogen) atoms. The predicted molar refractivity (Wildman–Crippen MR) is 130 cm³/mol. The Bertz CT molecular complexity index is 1590. The Hall–Kier alpha value is -4.11. The van der Waals surface area contributed by atoms with E-state index >= 15 is 0 Å². The standard InChI is InChI=1S/C29H23N2O/c1-20-10-12-22(13-11-20)29-28(21-14-16-23(32-2)17-15-21)25-8-4-3-7-24(25)26-19-30-18-6-5-9-27(30)31(26)29/h3-19H,1-2H3/q+1. The lowest BCUT2D eigenvalue weighted by molar-refractivity contribution is -0.509. The van der Waals surface area contributed by atoms with Crippen LogP contribution in [0.3, 0.4) is 0 Å². The highest BCUT2D eigenvalue weighted by Crippen LogP contribution is 2.41. The number of benzene rings is 3. The van der Waals surface area contributed by atoms with Gasteiger partial charge in [0.1, 0.15) is 17.6 Å². The number of imidazole rings is 1. The van der Waals surface area contributed by atoms with Gasteiger partial charge in [-0.05, 0) is 42.1 Å². The van der Waals surface area contributed by atoms with Gasteiger partial charge in [-0.1, -0.05) is 66.2 Å². The number of pyridine rings is 2. The first-order valence-electron chi connectivity index (χ1n) is 10.8. The van der Waals surface area contributed by atoms with Gasteiger partial charge in [-0.15, -0.1) is 0 Å². The maximum atomic E-state index is 5.43. The van der Waals surface area contributed by atoms with Gasteiger partial charge < -0.3 is 4.74 Å². The van der Waals surface area contributed by atoms with Crippen LogP contribution in [0.5, 0.6) is 5.75 Å². The summed E-state index contributed by atoms with van der Waals surface area (Å²) >= 11 is 0. The number of methoxy groups -OCH3 is 1. The maximum absolute atomic E-state index is 5.43. The van der Waals surface area contributed by atoms with Gasteiger partial charge >= 0.3 is 0 Å². The summed E-state index contributed by atoms with van der Waals surface area (Å²) in [6.45, 7) is 2.13. The van der Waals surface area contributed by atoms with Crippen molar-refractivity contribution in [3.05, 3.63) is 109 Å². The fraction of sp³-hybridized carbons (Fsp3) is 0.0690. The van der Waals surface area contributed by atoms with Crippen molar-refractivity contribution in [1.29, 1.82) is 0 Å². The van der Waals surface area contributed by atoms with E-state index in [2.05, 4.69) is 107 Å². The molecule has 6 aromatic rings. The molecule has 0 amide bonds. The van der Waals surface area contributed by atoms with Crippen LogP contribution in [0.1, 0.15) is 5.56 Å². The van der Waals surface area contributed by atoms with E-state index in [0.717, 1.165) is 11.4 Å². The third kappa shape index (κ3) is 2.78. The molecule has 0 fully saturated rings. The molecule has 0 atom stereocenters. The first-order valence-corrected chi connectivity index (χ1v) is 10.8. The highest BCUT2D eigenvalue weighted by molar-refractivity contribution is 6.10. The number of hydrogen-bond donors (Lipinski definition) is 0. The van der Waals surface area contributed by atoms with Gasteiger partial charge in [-0.25, -0.2) is 4.40 Å². The molecule has 0 N–H and O–H groups in total. The number of aromatic nitrogens is 2. The average molecular weight is 416 g/mol. The summed E-state index contributed by atoms with van der Waals surface area (Å²) in [7, 11) is 1.71. The largest absolute Gasteiger partial charge is 0.497 e. The monoisotopic (exact) mass is 415 g/mol. The van der Waals surface area contributed by atoms with Crippen molar-refractivity contribution in [2.45, 2.75) is 6.92 Å². The molecule has 0 aliphatic heterocycles. The van der Waals surface area contributed by atoms with E-state index in [0.29, 0.717) is 0 Å². The maximum Gasteiger partial charge on any atom is 0.291 e. The second-order valence-electron chi connectivity index (χ2n) is 8.18. The van der Waals surface area contributed by atoms with Crippen LogP contribution in [0.15, 0.2) is 103 Å². The van der Waals surface area contributed by atoms with Gasteiger partial charge in [0.05, 0.1) is 13.3 Å². The molecule has 0 bridgehead atoms. The van der Waals surface area contributed by atoms with Gasteiger partial charge in [0.25, 0.3) is 5.65 Å². The topological polar surface area (TPSA) is 17.7 Å². The Balaban J connectivity index is 1.86. The molecule has 154 valence electrons. The summed E-state index contributed by atoms with van der Waals surface area (Å²) in [6.07, 6.45) is 4.34. The molecule has 3 heterocycles. The number of rotatable bonds is 3. The summed E-state index contributed by atoms with van der Waals surface area (Å²) in [5.74, 6) is 0.859. The minimum absolute atomic E-state index is 0.859. The van der Waals surface area contributed by atoms with Crippen LogP contribution in [-0.2, 0) is 0 Å². The molecule has 0 saturated carbocycles. The summed E-state index contributed by atoms with van der Waals surface area (Å²) in [6, 6.07) is 32.3. The van der Waals surface area contributed by atoms with Gasteiger partial charge in [-0.2, -0.15) is 4.40 Å². The number of ether oxygens (including phenoxy) is 1. The van der Waals surface area contributed by atoms with Crippen molar-refractivity contribution in [1.82, 2.24) is 4.40 Å². The predicted octanol–water partition coefficient (Wildman–Crippen LogP) is 6.48. The highest BCUT2D eigenvalue weighted by atomic mass is 16.5. The van der Waals surface area contributed by atoms with E-state index in [1.54, 1.807) is 7.11 Å². The Morgan fingerprint density at radius 1 is 0.719 bits per heavy atom. The Kier molecular flexibility index (Phi) is 4.22. The average Bonchev–Trinajstić information content (AvgIpc) is 3.24. The van der Waals surface area contributed by atoms with Crippen LogP contribution < -0.4 is 9.14 Å². The summed E-state index contributed by atoms with van der Waals surface area (Å²) < 4.78 is 10.0. The lowest BCUT2D eigenvalue weighted by atomic mass is 9.93. The number of aryl methyl sites for hydroxylation is 1. The molecule has 0 aliphatic carbocycles. The SMILES string of the molecule is COc1ccc(-c2c(-c3ccc(C)cc3)n3c(c[n+]4ccccc34)c3ccccc23)cc1. The molecule has 0 radical (unpaired) electrons. The fourth-order valence-electron chi connectivity index (χ4n) is 4.68. The van der Waals surface area contributed by atoms with E-state index in [4.69, 9.17) is 4.74 Å². The molecular formula is C29H23N2O+. The lowest BCUT2D eigenvalue weighted by Gasteiger charge is -2.14. The Morgan fingerprint density at radius 2 is 1.41 bits per heavy atom. The smallest absolute Gasteiger partial charge is 0.291 e. The highest BCUT2D eigenvalue weighted by Gasteiger charge is 2.25. The second kappa shape index (κ2) is 7.24. The van der Waals surface area contributed by atoms with Crippen molar-refractivity contribution in [3.8, 4) is 28.1 Å². The number of nitrogens with zero attached hydrogens (tertiary/aromatic N) is 2. The number of hydrogen-bond acceptors (Lipinski definition) is 1. The van der Waals surface area contributed by atoms with Crippen molar-refractivity contribution >= 4 is 21.9 Å². The van der Waals surface area contributed by atoms with Crippen molar-refractivity contribution in [3.63, 3.8) is 0 Å². The van der Waals surface area contributed by atoms with Gasteiger partial charge in [0, 0.05) is 22.6 Å². The number of fused-ring (bicyclic) bond motifs is 5. The summed E-state index contributed by atoms with van der Waals surface area (Å²) in [5.41, 5.74) is 8.36. The van der Waals surface area contributed by atoms with Crippen molar-refractivity contribution < 1.29 is 9.14 Å². The normalized spacial score (nSPS) is 11.4. The first kappa shape index (κ1) is 18.6. The Labute approximate surface area is 186 Å². The zero-order valence-corrected chi connectivity index (χ0v) is 18.1. The third-order valence-electron chi connectivity index (χ3n) is 6.24. The molecular weight excluding hydrogens is 392 g/mol. The fourth-order valence-corrected chi connectivity index (χ4v) is 4.68. The third-order valence-corrected chi connectivity index (χ3v) is 6.24. The van der Waals surface area contributed by atoms with Crippen LogP contribution in [0.25, 0.3) is 44.3 Å². The minimum Gasteiger partial charge on any atom is -0.497 e. The lowest BCUT2D eigenvalue weighted by Crippen LogP contribution is -2.17. The van der Waals surface area contributed by atoms with Gasteiger partial charge in [-0.3, -0.25) is 0 Å². The van der Waals surface area contributed by atoms with E-state index in [9.17, 15) is 0 Å². The summed E-state index contributed by atoms with van der Waals surface area (Å²) in [4.78, 5) is 0. The van der Waals surface area contributed by atoms with Crippen LogP contribution in [0.4, 0.5) is 0 Å². The second-order valence-corrected chi connectivity index (χ2v) is 8.18. The van der Waals surface area contributed by atoms with Crippen LogP contribution in [0, 0.1) is 6.92 Å². The molecule has 3 heteroatoms. The quantitative estimate of drug-likeness (QED) is 0.302. The van der Waals surface area contributed by atoms with Gasteiger partial charge in [0.15, 0.2) is 5.52 Å². The minimum atomic E-state index is 0.859. The molecule has 0 aliphatic rings. The first-order chi connectivity index (χ1) is 15.7. The molecule has 6 rings (SSSR count). The summed E-state index contributed by atoms with van der Waals surface area (Å²) in [5, 5.41) is 2.47. The molecule has 3 nitrogen and oxygen atoms in total. The van der Waals surface area contributed by atoms with Crippen molar-refractivity contribution in [2.24, 2.45) is 0 Å². The van der Waals surface area contributed by atoms with E-state index in [1.165, 1.54) is 44.2 Å². The van der Waals surface area contributed by atoms with E-state index in [-0.39, 0.29) is 0 Å². The zero-order valence-electron chi connectivity index (χ0n) is 18.1. The molecule has 0 saturated heterocycles. The van der Waals surface area contributed by atoms with Crippen LogP contribution >= 0.6 is 0 Å². The molecule has 3 aromatic heterocycles. The zero-order chi connectivity index (χ0) is 21.7. The molecule has 0 unspecified atom stereocenters. The van der Waals surface area contributed by atoms with Crippen molar-refractivity contribution in [2.75, 3.05) is 7.11 Å². The van der Waals surface area contributed by atoms with Gasteiger partial charge in [0.2, 0.25) is 0 Å². The van der Waals surface area contributed by atoms with E-state index in [1.807, 2.05) is 12.1 Å². The molecule has 0 spiro atoms. The van der Waals surface area contributed by atoms with E-state index < -0.39 is 0 Å². The Morgan fingerprint density at radius 3 is 2.16 bits per heavy atom. The van der Waals surface area contributed by atoms with Crippen LogP contribution in [-0.4, -0.2) is 11.5 Å².